The Kier molecular flexibility index (Phi) is 7.68. The standard InChI is InChI=1S/C17H18ClN3O5S/c1-4-25-12-6-10(11(18)7-13(12)26-5-2)9-19-21-17-20-16(23)14(27-17)8-15(22)24-3/h6-9H,4-5H2,1-3H3,(H,20,21,23)/b14-8+,19-9?. The number of hydrogen-bond donors (Lipinski definition) is 1. The smallest absolute Gasteiger partial charge is 0.331 e. The fourth-order valence-corrected chi connectivity index (χ4v) is 2.91. The summed E-state index contributed by atoms with van der Waals surface area (Å²) < 4.78 is 15.5. The molecule has 1 aromatic rings. The van der Waals surface area contributed by atoms with Gasteiger partial charge in [0.1, 0.15) is 0 Å². The van der Waals surface area contributed by atoms with Crippen molar-refractivity contribution in [3.05, 3.63) is 33.7 Å². The van der Waals surface area contributed by atoms with Crippen LogP contribution in [0.2, 0.25) is 5.02 Å². The van der Waals surface area contributed by atoms with Crippen molar-refractivity contribution in [1.82, 2.24) is 5.32 Å². The second kappa shape index (κ2) is 9.98. The van der Waals surface area contributed by atoms with Gasteiger partial charge in [0.15, 0.2) is 16.7 Å². The van der Waals surface area contributed by atoms with Crippen molar-refractivity contribution in [2.45, 2.75) is 13.8 Å². The molecule has 0 unspecified atom stereocenters. The Morgan fingerprint density at radius 1 is 1.26 bits per heavy atom. The molecule has 1 heterocycles. The number of amidine groups is 1. The average Bonchev–Trinajstić information content (AvgIpc) is 2.98. The molecule has 1 aromatic carbocycles. The molecule has 0 saturated carbocycles. The van der Waals surface area contributed by atoms with Crippen LogP contribution in [-0.4, -0.2) is 43.6 Å². The molecule has 1 saturated heterocycles. The number of hydrogen-bond acceptors (Lipinski definition) is 8. The lowest BCUT2D eigenvalue weighted by Crippen LogP contribution is -2.19. The normalized spacial score (nSPS) is 16.8. The highest BCUT2D eigenvalue weighted by Gasteiger charge is 2.25. The zero-order valence-electron chi connectivity index (χ0n) is 14.9. The molecule has 1 aliphatic heterocycles. The highest BCUT2D eigenvalue weighted by molar-refractivity contribution is 8.18. The van der Waals surface area contributed by atoms with Gasteiger partial charge in [-0.3, -0.25) is 10.1 Å². The minimum Gasteiger partial charge on any atom is -0.490 e. The van der Waals surface area contributed by atoms with E-state index in [0.29, 0.717) is 35.3 Å². The Hall–Kier alpha value is -2.52. The molecule has 0 spiro atoms. The highest BCUT2D eigenvalue weighted by atomic mass is 35.5. The van der Waals surface area contributed by atoms with Crippen molar-refractivity contribution >= 4 is 46.6 Å². The zero-order chi connectivity index (χ0) is 19.8. The van der Waals surface area contributed by atoms with Gasteiger partial charge in [0, 0.05) is 17.7 Å². The number of carbonyl (C=O) groups is 2. The second-order valence-corrected chi connectivity index (χ2v) is 6.36. The van der Waals surface area contributed by atoms with Crippen LogP contribution in [0.25, 0.3) is 0 Å². The number of benzene rings is 1. The molecule has 0 atom stereocenters. The highest BCUT2D eigenvalue weighted by Crippen LogP contribution is 2.33. The maximum atomic E-state index is 11.7. The monoisotopic (exact) mass is 411 g/mol. The van der Waals surface area contributed by atoms with Crippen molar-refractivity contribution in [2.24, 2.45) is 10.2 Å². The lowest BCUT2D eigenvalue weighted by atomic mass is 10.2. The minimum atomic E-state index is -0.623. The first kappa shape index (κ1) is 20.8. The fraction of sp³-hybridized carbons (Fsp3) is 0.294. The SMILES string of the molecule is CCOc1cc(Cl)c(C=N/N=C2/NC(=O)/C(=C\C(=O)OC)S2)cc1OCC. The molecular formula is C17H18ClN3O5S. The molecule has 0 bridgehead atoms. The van der Waals surface area contributed by atoms with Gasteiger partial charge in [-0.05, 0) is 31.7 Å². The topological polar surface area (TPSA) is 98.6 Å². The van der Waals surface area contributed by atoms with E-state index in [9.17, 15) is 9.59 Å². The van der Waals surface area contributed by atoms with E-state index in [1.54, 1.807) is 12.1 Å². The van der Waals surface area contributed by atoms with Crippen LogP contribution in [-0.2, 0) is 14.3 Å². The van der Waals surface area contributed by atoms with Crippen molar-refractivity contribution in [3.63, 3.8) is 0 Å². The number of nitrogens with one attached hydrogen (secondary N) is 1. The number of ether oxygens (including phenoxy) is 3. The van der Waals surface area contributed by atoms with Gasteiger partial charge in [-0.1, -0.05) is 11.6 Å². The van der Waals surface area contributed by atoms with Crippen LogP contribution in [0.4, 0.5) is 0 Å². The van der Waals surface area contributed by atoms with Gasteiger partial charge in [0.2, 0.25) is 0 Å². The predicted molar refractivity (Wildman–Crippen MR) is 105 cm³/mol. The van der Waals surface area contributed by atoms with Crippen molar-refractivity contribution < 1.29 is 23.8 Å². The van der Waals surface area contributed by atoms with Crippen LogP contribution in [0.5, 0.6) is 11.5 Å². The van der Waals surface area contributed by atoms with Crippen LogP contribution < -0.4 is 14.8 Å². The Morgan fingerprint density at radius 2 is 1.93 bits per heavy atom. The summed E-state index contributed by atoms with van der Waals surface area (Å²) in [4.78, 5) is 23.1. The van der Waals surface area contributed by atoms with Gasteiger partial charge in [-0.15, -0.1) is 5.10 Å². The number of thioether (sulfide) groups is 1. The Bertz CT molecular complexity index is 823. The molecule has 1 aliphatic rings. The largest absolute Gasteiger partial charge is 0.490 e. The molecule has 0 aromatic heterocycles. The fourth-order valence-electron chi connectivity index (χ4n) is 1.97. The first-order chi connectivity index (χ1) is 13.0. The summed E-state index contributed by atoms with van der Waals surface area (Å²) in [6.45, 7) is 4.68. The summed E-state index contributed by atoms with van der Waals surface area (Å²) in [6, 6.07) is 3.34. The third kappa shape index (κ3) is 5.73. The number of halogens is 1. The van der Waals surface area contributed by atoms with E-state index in [4.69, 9.17) is 21.1 Å². The van der Waals surface area contributed by atoms with Crippen molar-refractivity contribution in [1.29, 1.82) is 0 Å². The molecule has 0 radical (unpaired) electrons. The summed E-state index contributed by atoms with van der Waals surface area (Å²) in [5, 5.41) is 11.0. The maximum Gasteiger partial charge on any atom is 0.331 e. The number of methoxy groups -OCH3 is 1. The van der Waals surface area contributed by atoms with Crippen LogP contribution >= 0.6 is 23.4 Å². The Morgan fingerprint density at radius 3 is 2.56 bits per heavy atom. The number of rotatable bonds is 7. The lowest BCUT2D eigenvalue weighted by molar-refractivity contribution is -0.135. The first-order valence-corrected chi connectivity index (χ1v) is 9.16. The van der Waals surface area contributed by atoms with Gasteiger partial charge in [-0.25, -0.2) is 4.79 Å². The molecule has 10 heteroatoms. The zero-order valence-corrected chi connectivity index (χ0v) is 16.5. The number of carbonyl (C=O) groups excluding carboxylic acids is 2. The molecule has 8 nitrogen and oxygen atoms in total. The number of esters is 1. The first-order valence-electron chi connectivity index (χ1n) is 7.97. The van der Waals surface area contributed by atoms with Crippen LogP contribution in [0.1, 0.15) is 19.4 Å². The van der Waals surface area contributed by atoms with E-state index < -0.39 is 11.9 Å². The van der Waals surface area contributed by atoms with Gasteiger partial charge in [0.25, 0.3) is 5.91 Å². The molecule has 1 fully saturated rings. The van der Waals surface area contributed by atoms with Gasteiger partial charge < -0.3 is 14.2 Å². The molecule has 27 heavy (non-hydrogen) atoms. The summed E-state index contributed by atoms with van der Waals surface area (Å²) >= 11 is 7.22. The number of nitrogens with zero attached hydrogens (tertiary/aromatic N) is 2. The Balaban J connectivity index is 2.17. The quantitative estimate of drug-likeness (QED) is 0.320. The van der Waals surface area contributed by atoms with E-state index >= 15 is 0 Å². The molecule has 0 aliphatic carbocycles. The third-order valence-corrected chi connectivity index (χ3v) is 4.34. The van der Waals surface area contributed by atoms with Crippen LogP contribution in [0.15, 0.2) is 33.3 Å². The van der Waals surface area contributed by atoms with Gasteiger partial charge in [0.05, 0.1) is 36.5 Å². The number of amides is 1. The lowest BCUT2D eigenvalue weighted by Gasteiger charge is -2.12. The molecule has 144 valence electrons. The van der Waals surface area contributed by atoms with E-state index in [-0.39, 0.29) is 10.1 Å². The minimum absolute atomic E-state index is 0.175. The molecule has 1 amide bonds. The van der Waals surface area contributed by atoms with E-state index in [2.05, 4.69) is 20.3 Å². The van der Waals surface area contributed by atoms with E-state index in [0.717, 1.165) is 17.8 Å². The third-order valence-electron chi connectivity index (χ3n) is 3.11. The van der Waals surface area contributed by atoms with E-state index in [1.807, 2.05) is 13.8 Å². The Labute approximate surface area is 165 Å². The van der Waals surface area contributed by atoms with Crippen molar-refractivity contribution in [2.75, 3.05) is 20.3 Å². The van der Waals surface area contributed by atoms with Crippen molar-refractivity contribution in [3.8, 4) is 11.5 Å². The van der Waals surface area contributed by atoms with Crippen LogP contribution in [0, 0.1) is 0 Å². The van der Waals surface area contributed by atoms with Gasteiger partial charge >= 0.3 is 5.97 Å². The van der Waals surface area contributed by atoms with E-state index in [1.165, 1.54) is 13.3 Å². The molecular weight excluding hydrogens is 394 g/mol. The predicted octanol–water partition coefficient (Wildman–Crippen LogP) is 2.75. The molecule has 1 N–H and O–H groups in total. The molecule has 2 rings (SSSR count). The second-order valence-electron chi connectivity index (χ2n) is 4.92. The average molecular weight is 412 g/mol. The summed E-state index contributed by atoms with van der Waals surface area (Å²) in [7, 11) is 1.23. The van der Waals surface area contributed by atoms with Gasteiger partial charge in [-0.2, -0.15) is 5.10 Å². The van der Waals surface area contributed by atoms with Crippen LogP contribution in [0.3, 0.4) is 0 Å². The summed E-state index contributed by atoms with van der Waals surface area (Å²) in [5.41, 5.74) is 0.576. The maximum absolute atomic E-state index is 11.7. The summed E-state index contributed by atoms with van der Waals surface area (Å²) in [5.74, 6) is 0.0211. The summed E-state index contributed by atoms with van der Waals surface area (Å²) in [6.07, 6.45) is 2.52.